The Balaban J connectivity index is 2.77. The Labute approximate surface area is 123 Å². The molecule has 1 rings (SSSR count). The number of nitrogen functional groups attached to an aromatic ring is 1. The van der Waals surface area contributed by atoms with Gasteiger partial charge in [0.2, 0.25) is 10.0 Å². The number of sulfonamides is 1. The van der Waals surface area contributed by atoms with Crippen molar-refractivity contribution in [1.82, 2.24) is 4.72 Å². The lowest BCUT2D eigenvalue weighted by molar-refractivity contribution is 0.583. The number of benzene rings is 1. The van der Waals surface area contributed by atoms with Crippen LogP contribution in [0.4, 0.5) is 5.69 Å². The zero-order valence-corrected chi connectivity index (χ0v) is 13.0. The van der Waals surface area contributed by atoms with Gasteiger partial charge < -0.3 is 5.73 Å². The normalized spacial score (nSPS) is 11.5. The van der Waals surface area contributed by atoms with Crippen LogP contribution in [0.25, 0.3) is 0 Å². The van der Waals surface area contributed by atoms with Crippen molar-refractivity contribution in [3.63, 3.8) is 0 Å². The summed E-state index contributed by atoms with van der Waals surface area (Å²) in [6.07, 6.45) is 1.78. The Morgan fingerprint density at radius 2 is 2.21 bits per heavy atom. The van der Waals surface area contributed by atoms with E-state index < -0.39 is 10.0 Å². The fourth-order valence-electron chi connectivity index (χ4n) is 1.45. The van der Waals surface area contributed by atoms with E-state index in [1.54, 1.807) is 30.8 Å². The molecule has 0 radical (unpaired) electrons. The first-order valence-corrected chi connectivity index (χ1v) is 8.64. The van der Waals surface area contributed by atoms with E-state index in [2.05, 4.69) is 11.3 Å². The highest BCUT2D eigenvalue weighted by Gasteiger charge is 2.17. The third-order valence-corrected chi connectivity index (χ3v) is 5.25. The molecule has 1 aromatic rings. The molecule has 0 aromatic heterocycles. The van der Waals surface area contributed by atoms with Gasteiger partial charge in [0.25, 0.3) is 0 Å². The highest BCUT2D eigenvalue weighted by atomic mass is 35.5. The van der Waals surface area contributed by atoms with Crippen LogP contribution in [0.3, 0.4) is 0 Å². The minimum atomic E-state index is -3.55. The molecule has 0 aliphatic rings. The van der Waals surface area contributed by atoms with Gasteiger partial charge >= 0.3 is 0 Å². The van der Waals surface area contributed by atoms with E-state index in [-0.39, 0.29) is 10.6 Å². The molecule has 0 aliphatic heterocycles. The zero-order valence-electron chi connectivity index (χ0n) is 10.6. The molecule has 0 bridgehead atoms. The van der Waals surface area contributed by atoms with Gasteiger partial charge in [-0.2, -0.15) is 11.8 Å². The molecule has 3 N–H and O–H groups in total. The monoisotopic (exact) mass is 320 g/mol. The summed E-state index contributed by atoms with van der Waals surface area (Å²) in [5.41, 5.74) is 6.47. The Morgan fingerprint density at radius 3 is 2.84 bits per heavy atom. The predicted molar refractivity (Wildman–Crippen MR) is 83.3 cm³/mol. The molecular weight excluding hydrogens is 304 g/mol. The molecular formula is C12H17ClN2O2S2. The van der Waals surface area contributed by atoms with Crippen LogP contribution in [0.2, 0.25) is 5.02 Å². The molecule has 0 spiro atoms. The number of nitrogens with two attached hydrogens (primary N) is 1. The van der Waals surface area contributed by atoms with Gasteiger partial charge in [-0.3, -0.25) is 0 Å². The number of hydrogen-bond donors (Lipinski definition) is 2. The van der Waals surface area contributed by atoms with Crippen molar-refractivity contribution < 1.29 is 8.42 Å². The number of rotatable bonds is 7. The Morgan fingerprint density at radius 1 is 1.53 bits per heavy atom. The minimum absolute atomic E-state index is 0.170. The molecule has 0 amide bonds. The lowest BCUT2D eigenvalue weighted by Crippen LogP contribution is -2.26. The van der Waals surface area contributed by atoms with Crippen molar-refractivity contribution in [3.05, 3.63) is 35.4 Å². The van der Waals surface area contributed by atoms with Gasteiger partial charge in [-0.25, -0.2) is 13.1 Å². The fourth-order valence-corrected chi connectivity index (χ4v) is 3.67. The standard InChI is InChI=1S/C12H17ClN2O2S2/c1-3-5-18-6-4-15-19(16,17)12-8-11(14)10(13)7-9(12)2/h3,7-8,15H,1,4-6,14H2,2H3. The van der Waals surface area contributed by atoms with Crippen LogP contribution in [0, 0.1) is 6.92 Å². The van der Waals surface area contributed by atoms with Gasteiger partial charge in [-0.15, -0.1) is 6.58 Å². The molecule has 0 saturated carbocycles. The van der Waals surface area contributed by atoms with Crippen molar-refractivity contribution in [1.29, 1.82) is 0 Å². The Hall–Kier alpha value is -0.690. The third kappa shape index (κ3) is 4.72. The van der Waals surface area contributed by atoms with Crippen LogP contribution in [0.5, 0.6) is 0 Å². The zero-order chi connectivity index (χ0) is 14.5. The van der Waals surface area contributed by atoms with Crippen LogP contribution >= 0.6 is 23.4 Å². The maximum absolute atomic E-state index is 12.1. The van der Waals surface area contributed by atoms with Gasteiger partial charge in [-0.05, 0) is 24.6 Å². The first-order valence-electron chi connectivity index (χ1n) is 5.62. The number of anilines is 1. The van der Waals surface area contributed by atoms with Gasteiger partial charge in [-0.1, -0.05) is 17.7 Å². The summed E-state index contributed by atoms with van der Waals surface area (Å²) < 4.78 is 26.8. The largest absolute Gasteiger partial charge is 0.397 e. The summed E-state index contributed by atoms with van der Waals surface area (Å²) in [6.45, 7) is 5.65. The quantitative estimate of drug-likeness (QED) is 0.460. The summed E-state index contributed by atoms with van der Waals surface area (Å²) in [5.74, 6) is 1.49. The van der Waals surface area contributed by atoms with Crippen LogP contribution in [0.15, 0.2) is 29.7 Å². The highest BCUT2D eigenvalue weighted by molar-refractivity contribution is 7.99. The first kappa shape index (κ1) is 16.4. The summed E-state index contributed by atoms with van der Waals surface area (Å²) in [7, 11) is -3.55. The van der Waals surface area contributed by atoms with Crippen LogP contribution < -0.4 is 10.5 Å². The number of thioether (sulfide) groups is 1. The smallest absolute Gasteiger partial charge is 0.240 e. The molecule has 0 heterocycles. The minimum Gasteiger partial charge on any atom is -0.397 e. The van der Waals surface area contributed by atoms with Crippen molar-refractivity contribution in [2.24, 2.45) is 0 Å². The summed E-state index contributed by atoms with van der Waals surface area (Å²) in [5, 5.41) is 0.359. The molecule has 4 nitrogen and oxygen atoms in total. The van der Waals surface area contributed by atoms with E-state index in [0.717, 1.165) is 5.75 Å². The van der Waals surface area contributed by atoms with Crippen LogP contribution in [-0.2, 0) is 10.0 Å². The van der Waals surface area contributed by atoms with Crippen molar-refractivity contribution in [3.8, 4) is 0 Å². The summed E-state index contributed by atoms with van der Waals surface area (Å²) in [6, 6.07) is 2.94. The molecule has 0 unspecified atom stereocenters. The molecule has 1 aromatic carbocycles. The fraction of sp³-hybridized carbons (Fsp3) is 0.333. The number of aryl methyl sites for hydroxylation is 1. The number of nitrogens with one attached hydrogen (secondary N) is 1. The highest BCUT2D eigenvalue weighted by Crippen LogP contribution is 2.25. The predicted octanol–water partition coefficient (Wildman–Crippen LogP) is 2.43. The average molecular weight is 321 g/mol. The maximum Gasteiger partial charge on any atom is 0.240 e. The van der Waals surface area contributed by atoms with E-state index in [9.17, 15) is 8.42 Å². The number of halogens is 1. The molecule has 106 valence electrons. The molecule has 0 aliphatic carbocycles. The molecule has 0 fully saturated rings. The average Bonchev–Trinajstić information content (AvgIpc) is 2.33. The van der Waals surface area contributed by atoms with E-state index in [4.69, 9.17) is 17.3 Å². The van der Waals surface area contributed by atoms with Crippen LogP contribution in [0.1, 0.15) is 5.56 Å². The van der Waals surface area contributed by atoms with Gasteiger partial charge in [0.05, 0.1) is 15.6 Å². The van der Waals surface area contributed by atoms with Crippen molar-refractivity contribution in [2.75, 3.05) is 23.8 Å². The summed E-state index contributed by atoms with van der Waals surface area (Å²) in [4.78, 5) is 0.170. The van der Waals surface area contributed by atoms with Gasteiger partial charge in [0.1, 0.15) is 0 Å². The molecule has 0 atom stereocenters. The molecule has 7 heteroatoms. The van der Waals surface area contributed by atoms with E-state index >= 15 is 0 Å². The van der Waals surface area contributed by atoms with E-state index in [0.29, 0.717) is 22.9 Å². The van der Waals surface area contributed by atoms with Crippen molar-refractivity contribution in [2.45, 2.75) is 11.8 Å². The maximum atomic E-state index is 12.1. The lowest BCUT2D eigenvalue weighted by atomic mass is 10.2. The van der Waals surface area contributed by atoms with Crippen LogP contribution in [-0.4, -0.2) is 26.5 Å². The summed E-state index contributed by atoms with van der Waals surface area (Å²) >= 11 is 7.45. The Bertz CT molecular complexity index is 559. The van der Waals surface area contributed by atoms with E-state index in [1.165, 1.54) is 6.07 Å². The third-order valence-electron chi connectivity index (χ3n) is 2.36. The van der Waals surface area contributed by atoms with Crippen molar-refractivity contribution >= 4 is 39.1 Å². The lowest BCUT2D eigenvalue weighted by Gasteiger charge is -2.10. The first-order chi connectivity index (χ1) is 8.88. The topological polar surface area (TPSA) is 72.2 Å². The number of hydrogen-bond acceptors (Lipinski definition) is 4. The molecule has 0 saturated heterocycles. The second-order valence-corrected chi connectivity index (χ2v) is 7.19. The van der Waals surface area contributed by atoms with E-state index in [1.807, 2.05) is 0 Å². The second kappa shape index (κ2) is 7.19. The molecule has 19 heavy (non-hydrogen) atoms. The van der Waals surface area contributed by atoms with Gasteiger partial charge in [0, 0.05) is 18.1 Å². The second-order valence-electron chi connectivity index (χ2n) is 3.90. The Kier molecular flexibility index (Phi) is 6.19. The van der Waals surface area contributed by atoms with Gasteiger partial charge in [0.15, 0.2) is 0 Å². The SMILES string of the molecule is C=CCSCCNS(=O)(=O)c1cc(N)c(Cl)cc1C.